The van der Waals surface area contributed by atoms with Crippen LogP contribution in [0.3, 0.4) is 0 Å². The standard InChI is InChI=1S/C13H9ClN4OS/c14-11-3-2-10(20-11)13(19)17-9-1-4-12(16-7-9)18-6-5-15-8-18/h1-8H,(H,17,19). The second-order valence-electron chi connectivity index (χ2n) is 3.93. The number of hydrogen-bond donors (Lipinski definition) is 1. The largest absolute Gasteiger partial charge is 0.320 e. The van der Waals surface area contributed by atoms with E-state index in [0.717, 1.165) is 5.82 Å². The molecule has 0 aliphatic carbocycles. The number of nitrogens with one attached hydrogen (secondary N) is 1. The van der Waals surface area contributed by atoms with Gasteiger partial charge in [0.05, 0.1) is 21.1 Å². The lowest BCUT2D eigenvalue weighted by Gasteiger charge is -2.05. The topological polar surface area (TPSA) is 59.8 Å². The van der Waals surface area contributed by atoms with Gasteiger partial charge in [-0.1, -0.05) is 11.6 Å². The molecule has 0 saturated heterocycles. The molecule has 0 aromatic carbocycles. The quantitative estimate of drug-likeness (QED) is 0.808. The summed E-state index contributed by atoms with van der Waals surface area (Å²) in [5.41, 5.74) is 0.628. The van der Waals surface area contributed by atoms with Gasteiger partial charge >= 0.3 is 0 Å². The summed E-state index contributed by atoms with van der Waals surface area (Å²) in [5.74, 6) is 0.541. The molecule has 3 rings (SSSR count). The van der Waals surface area contributed by atoms with Crippen LogP contribution in [0.5, 0.6) is 0 Å². The van der Waals surface area contributed by atoms with Gasteiger partial charge in [-0.3, -0.25) is 9.36 Å². The van der Waals surface area contributed by atoms with Crippen LogP contribution in [0.1, 0.15) is 9.67 Å². The Labute approximate surface area is 123 Å². The Morgan fingerprint density at radius 2 is 2.20 bits per heavy atom. The van der Waals surface area contributed by atoms with Gasteiger partial charge in [0.2, 0.25) is 0 Å². The number of carbonyl (C=O) groups excluding carboxylic acids is 1. The minimum atomic E-state index is -0.195. The molecule has 0 aliphatic heterocycles. The number of thiophene rings is 1. The fourth-order valence-electron chi connectivity index (χ4n) is 1.64. The van der Waals surface area contributed by atoms with Crippen LogP contribution in [-0.2, 0) is 0 Å². The van der Waals surface area contributed by atoms with Gasteiger partial charge in [0.25, 0.3) is 5.91 Å². The average molecular weight is 305 g/mol. The molecule has 0 saturated carbocycles. The second-order valence-corrected chi connectivity index (χ2v) is 5.65. The number of imidazole rings is 1. The van der Waals surface area contributed by atoms with E-state index in [2.05, 4.69) is 15.3 Å². The number of anilines is 1. The van der Waals surface area contributed by atoms with Gasteiger partial charge in [-0.2, -0.15) is 0 Å². The first-order valence-corrected chi connectivity index (χ1v) is 6.93. The maximum absolute atomic E-state index is 11.9. The Morgan fingerprint density at radius 1 is 1.30 bits per heavy atom. The van der Waals surface area contributed by atoms with Crippen molar-refractivity contribution in [1.29, 1.82) is 0 Å². The van der Waals surface area contributed by atoms with E-state index >= 15 is 0 Å². The van der Waals surface area contributed by atoms with Gasteiger partial charge in [0, 0.05) is 12.4 Å². The number of carbonyl (C=O) groups is 1. The summed E-state index contributed by atoms with van der Waals surface area (Å²) in [6, 6.07) is 6.98. The summed E-state index contributed by atoms with van der Waals surface area (Å²) in [5, 5.41) is 2.77. The minimum absolute atomic E-state index is 0.195. The zero-order valence-electron chi connectivity index (χ0n) is 10.2. The lowest BCUT2D eigenvalue weighted by atomic mass is 10.3. The molecule has 3 heterocycles. The molecule has 0 spiro atoms. The van der Waals surface area contributed by atoms with E-state index in [1.54, 1.807) is 53.8 Å². The van der Waals surface area contributed by atoms with E-state index in [1.165, 1.54) is 11.3 Å². The SMILES string of the molecule is O=C(Nc1ccc(-n2ccnc2)nc1)c1ccc(Cl)s1. The van der Waals surface area contributed by atoms with Crippen molar-refractivity contribution in [2.24, 2.45) is 0 Å². The van der Waals surface area contributed by atoms with E-state index in [-0.39, 0.29) is 5.91 Å². The highest BCUT2D eigenvalue weighted by Crippen LogP contribution is 2.22. The number of aromatic nitrogens is 3. The van der Waals surface area contributed by atoms with Crippen LogP contribution >= 0.6 is 22.9 Å². The van der Waals surface area contributed by atoms with Gasteiger partial charge in [-0.25, -0.2) is 9.97 Å². The smallest absolute Gasteiger partial charge is 0.265 e. The molecule has 0 bridgehead atoms. The first-order chi connectivity index (χ1) is 9.72. The fraction of sp³-hybridized carbons (Fsp3) is 0. The average Bonchev–Trinajstić information content (AvgIpc) is 3.10. The van der Waals surface area contributed by atoms with Crippen LogP contribution in [0.4, 0.5) is 5.69 Å². The molecular weight excluding hydrogens is 296 g/mol. The molecule has 20 heavy (non-hydrogen) atoms. The maximum atomic E-state index is 11.9. The normalized spacial score (nSPS) is 10.4. The summed E-state index contributed by atoms with van der Waals surface area (Å²) in [7, 11) is 0. The van der Waals surface area contributed by atoms with Crippen molar-refractivity contribution < 1.29 is 4.79 Å². The third-order valence-electron chi connectivity index (χ3n) is 2.57. The highest BCUT2D eigenvalue weighted by molar-refractivity contribution is 7.18. The number of pyridine rings is 1. The predicted octanol–water partition coefficient (Wildman–Crippen LogP) is 3.23. The number of nitrogens with zero attached hydrogens (tertiary/aromatic N) is 3. The van der Waals surface area contributed by atoms with E-state index < -0.39 is 0 Å². The molecule has 0 atom stereocenters. The molecule has 1 amide bonds. The highest BCUT2D eigenvalue weighted by Gasteiger charge is 2.09. The van der Waals surface area contributed by atoms with Crippen LogP contribution in [0.2, 0.25) is 4.34 Å². The van der Waals surface area contributed by atoms with Crippen molar-refractivity contribution in [3.63, 3.8) is 0 Å². The monoisotopic (exact) mass is 304 g/mol. The molecule has 0 fully saturated rings. The van der Waals surface area contributed by atoms with Crippen molar-refractivity contribution in [2.45, 2.75) is 0 Å². The number of rotatable bonds is 3. The predicted molar refractivity (Wildman–Crippen MR) is 78.6 cm³/mol. The van der Waals surface area contributed by atoms with Crippen molar-refractivity contribution >= 4 is 34.5 Å². The summed E-state index contributed by atoms with van der Waals surface area (Å²) in [4.78, 5) is 20.7. The van der Waals surface area contributed by atoms with Crippen molar-refractivity contribution in [1.82, 2.24) is 14.5 Å². The Hall–Kier alpha value is -2.18. The molecule has 0 radical (unpaired) electrons. The van der Waals surface area contributed by atoms with E-state index in [0.29, 0.717) is 14.9 Å². The van der Waals surface area contributed by atoms with Crippen LogP contribution in [0.25, 0.3) is 5.82 Å². The van der Waals surface area contributed by atoms with Crippen molar-refractivity contribution in [3.8, 4) is 5.82 Å². The lowest BCUT2D eigenvalue weighted by molar-refractivity contribution is 0.103. The molecule has 3 aromatic heterocycles. The lowest BCUT2D eigenvalue weighted by Crippen LogP contribution is -2.10. The Bertz CT molecular complexity index is 721. The Balaban J connectivity index is 1.74. The highest BCUT2D eigenvalue weighted by atomic mass is 35.5. The van der Waals surface area contributed by atoms with E-state index in [9.17, 15) is 4.79 Å². The summed E-state index contributed by atoms with van der Waals surface area (Å²) < 4.78 is 2.37. The number of hydrogen-bond acceptors (Lipinski definition) is 4. The third kappa shape index (κ3) is 2.71. The molecule has 100 valence electrons. The van der Waals surface area contributed by atoms with E-state index in [4.69, 9.17) is 11.6 Å². The summed E-state index contributed by atoms with van der Waals surface area (Å²) in [6.07, 6.45) is 6.74. The molecule has 3 aromatic rings. The van der Waals surface area contributed by atoms with Gasteiger partial charge in [-0.05, 0) is 24.3 Å². The van der Waals surface area contributed by atoms with Gasteiger partial charge in [0.15, 0.2) is 0 Å². The summed E-state index contributed by atoms with van der Waals surface area (Å²) in [6.45, 7) is 0. The van der Waals surface area contributed by atoms with Crippen molar-refractivity contribution in [3.05, 3.63) is 58.4 Å². The van der Waals surface area contributed by atoms with E-state index in [1.807, 2.05) is 0 Å². The van der Waals surface area contributed by atoms with Crippen LogP contribution < -0.4 is 5.32 Å². The van der Waals surface area contributed by atoms with Gasteiger partial charge < -0.3 is 5.32 Å². The Morgan fingerprint density at radius 3 is 2.80 bits per heavy atom. The second kappa shape index (κ2) is 5.44. The molecule has 5 nitrogen and oxygen atoms in total. The van der Waals surface area contributed by atoms with Gasteiger partial charge in [0.1, 0.15) is 12.1 Å². The zero-order chi connectivity index (χ0) is 13.9. The molecule has 7 heteroatoms. The Kier molecular flexibility index (Phi) is 3.49. The molecule has 1 N–H and O–H groups in total. The summed E-state index contributed by atoms with van der Waals surface area (Å²) >= 11 is 7.04. The number of halogens is 1. The fourth-order valence-corrected chi connectivity index (χ4v) is 2.57. The third-order valence-corrected chi connectivity index (χ3v) is 3.80. The van der Waals surface area contributed by atoms with Gasteiger partial charge in [-0.15, -0.1) is 11.3 Å². The minimum Gasteiger partial charge on any atom is -0.320 e. The maximum Gasteiger partial charge on any atom is 0.265 e. The first-order valence-electron chi connectivity index (χ1n) is 5.73. The molecule has 0 aliphatic rings. The number of amides is 1. The first kappa shape index (κ1) is 12.8. The molecule has 0 unspecified atom stereocenters. The molecular formula is C13H9ClN4OS. The van der Waals surface area contributed by atoms with Crippen molar-refractivity contribution in [2.75, 3.05) is 5.32 Å². The van der Waals surface area contributed by atoms with Crippen LogP contribution in [0.15, 0.2) is 49.2 Å². The van der Waals surface area contributed by atoms with Crippen LogP contribution in [-0.4, -0.2) is 20.4 Å². The zero-order valence-corrected chi connectivity index (χ0v) is 11.7. The van der Waals surface area contributed by atoms with Crippen LogP contribution in [0, 0.1) is 0 Å².